The minimum atomic E-state index is -0.668. The van der Waals surface area contributed by atoms with Crippen molar-refractivity contribution < 1.29 is 14.4 Å². The lowest BCUT2D eigenvalue weighted by atomic mass is 9.98. The Morgan fingerprint density at radius 1 is 1.22 bits per heavy atom. The average Bonchev–Trinajstić information content (AvgIpc) is 3.21. The van der Waals surface area contributed by atoms with Crippen LogP contribution in [0.2, 0.25) is 5.02 Å². The van der Waals surface area contributed by atoms with Gasteiger partial charge in [-0.05, 0) is 43.5 Å². The van der Waals surface area contributed by atoms with Gasteiger partial charge >= 0.3 is 6.03 Å². The van der Waals surface area contributed by atoms with E-state index in [1.807, 2.05) is 24.3 Å². The predicted octanol–water partition coefficient (Wildman–Crippen LogP) is 3.19. The first-order valence-corrected chi connectivity index (χ1v) is 10.7. The topological polar surface area (TPSA) is 78.5 Å². The summed E-state index contributed by atoms with van der Waals surface area (Å²) in [5.41, 5.74) is -0.668. The molecule has 2 fully saturated rings. The van der Waals surface area contributed by atoms with Crippen LogP contribution in [0.25, 0.3) is 0 Å². The molecule has 2 aliphatic rings. The smallest absolute Gasteiger partial charge is 0.325 e. The Hall–Kier alpha value is -1.73. The molecule has 0 unspecified atom stereocenters. The molecule has 27 heavy (non-hydrogen) atoms. The standard InChI is InChI=1S/C19H24ClN3O3S/c20-14-5-7-15(8-6-14)27-13-11-21-16(24)4-3-12-23-17(25)19(22-18(23)26)9-1-2-10-19/h5-8H,1-4,9-13H2,(H,21,24)(H,22,26). The second-order valence-electron chi connectivity index (χ2n) is 6.93. The Morgan fingerprint density at radius 3 is 2.63 bits per heavy atom. The summed E-state index contributed by atoms with van der Waals surface area (Å²) in [5, 5.41) is 6.43. The van der Waals surface area contributed by atoms with Crippen molar-refractivity contribution in [1.29, 1.82) is 0 Å². The summed E-state index contributed by atoms with van der Waals surface area (Å²) < 4.78 is 0. The summed E-state index contributed by atoms with van der Waals surface area (Å²) in [5.74, 6) is 0.585. The number of carbonyl (C=O) groups excluding carboxylic acids is 3. The lowest BCUT2D eigenvalue weighted by molar-refractivity contribution is -0.131. The maximum Gasteiger partial charge on any atom is 0.325 e. The summed E-state index contributed by atoms with van der Waals surface area (Å²) in [6, 6.07) is 7.26. The Morgan fingerprint density at radius 2 is 1.93 bits per heavy atom. The highest BCUT2D eigenvalue weighted by molar-refractivity contribution is 7.99. The predicted molar refractivity (Wildman–Crippen MR) is 106 cm³/mol. The lowest BCUT2D eigenvalue weighted by Gasteiger charge is -2.19. The quantitative estimate of drug-likeness (QED) is 0.392. The molecule has 1 aromatic rings. The van der Waals surface area contributed by atoms with Crippen LogP contribution >= 0.6 is 23.4 Å². The van der Waals surface area contributed by atoms with Crippen LogP contribution in [0.4, 0.5) is 4.79 Å². The SMILES string of the molecule is O=C(CCCN1C(=O)NC2(CCCC2)C1=O)NCCSc1ccc(Cl)cc1. The third-order valence-electron chi connectivity index (χ3n) is 5.00. The van der Waals surface area contributed by atoms with Crippen LogP contribution in [0.15, 0.2) is 29.2 Å². The van der Waals surface area contributed by atoms with E-state index in [4.69, 9.17) is 11.6 Å². The van der Waals surface area contributed by atoms with Gasteiger partial charge in [0.25, 0.3) is 5.91 Å². The molecular weight excluding hydrogens is 386 g/mol. The second kappa shape index (κ2) is 8.97. The molecule has 1 heterocycles. The highest BCUT2D eigenvalue weighted by atomic mass is 35.5. The van der Waals surface area contributed by atoms with Gasteiger partial charge in [0.05, 0.1) is 0 Å². The van der Waals surface area contributed by atoms with E-state index in [2.05, 4.69) is 10.6 Å². The number of rotatable bonds is 8. The number of nitrogens with one attached hydrogen (secondary N) is 2. The minimum Gasteiger partial charge on any atom is -0.355 e. The molecule has 146 valence electrons. The largest absolute Gasteiger partial charge is 0.355 e. The monoisotopic (exact) mass is 409 g/mol. The number of carbonyl (C=O) groups is 3. The van der Waals surface area contributed by atoms with Gasteiger partial charge in [0.2, 0.25) is 5.91 Å². The number of thioether (sulfide) groups is 1. The fourth-order valence-corrected chi connectivity index (χ4v) is 4.47. The zero-order chi connectivity index (χ0) is 19.3. The van der Waals surface area contributed by atoms with Gasteiger partial charge in [-0.2, -0.15) is 0 Å². The van der Waals surface area contributed by atoms with Crippen LogP contribution in [-0.4, -0.2) is 47.1 Å². The maximum absolute atomic E-state index is 12.5. The van der Waals surface area contributed by atoms with Gasteiger partial charge in [0.15, 0.2) is 0 Å². The molecule has 1 aliphatic carbocycles. The Labute approximate surface area is 168 Å². The Balaban J connectivity index is 1.32. The molecule has 1 saturated heterocycles. The average molecular weight is 410 g/mol. The van der Waals surface area contributed by atoms with E-state index >= 15 is 0 Å². The number of hydrogen-bond acceptors (Lipinski definition) is 4. The van der Waals surface area contributed by atoms with Crippen molar-refractivity contribution in [3.8, 4) is 0 Å². The summed E-state index contributed by atoms with van der Waals surface area (Å²) >= 11 is 7.50. The van der Waals surface area contributed by atoms with Gasteiger partial charge in [-0.15, -0.1) is 11.8 Å². The van der Waals surface area contributed by atoms with E-state index in [1.54, 1.807) is 11.8 Å². The van der Waals surface area contributed by atoms with Crippen molar-refractivity contribution in [3.63, 3.8) is 0 Å². The molecule has 3 rings (SSSR count). The van der Waals surface area contributed by atoms with Gasteiger partial charge in [-0.3, -0.25) is 14.5 Å². The van der Waals surface area contributed by atoms with Gasteiger partial charge < -0.3 is 10.6 Å². The minimum absolute atomic E-state index is 0.0608. The van der Waals surface area contributed by atoms with Crippen molar-refractivity contribution in [1.82, 2.24) is 15.5 Å². The second-order valence-corrected chi connectivity index (χ2v) is 8.54. The van der Waals surface area contributed by atoms with Crippen molar-refractivity contribution >= 4 is 41.2 Å². The van der Waals surface area contributed by atoms with Crippen LogP contribution in [0.1, 0.15) is 38.5 Å². The molecule has 0 radical (unpaired) electrons. The molecule has 8 heteroatoms. The number of benzene rings is 1. The number of halogens is 1. The molecule has 6 nitrogen and oxygen atoms in total. The summed E-state index contributed by atoms with van der Waals surface area (Å²) in [6.45, 7) is 0.859. The van der Waals surface area contributed by atoms with E-state index in [9.17, 15) is 14.4 Å². The number of urea groups is 1. The fourth-order valence-electron chi connectivity index (χ4n) is 3.57. The van der Waals surface area contributed by atoms with E-state index in [0.717, 1.165) is 36.3 Å². The third kappa shape index (κ3) is 4.96. The van der Waals surface area contributed by atoms with E-state index in [-0.39, 0.29) is 17.8 Å². The number of imide groups is 1. The van der Waals surface area contributed by atoms with Crippen molar-refractivity contribution in [3.05, 3.63) is 29.3 Å². The highest BCUT2D eigenvalue weighted by Gasteiger charge is 2.51. The number of nitrogens with zero attached hydrogens (tertiary/aromatic N) is 1. The van der Waals surface area contributed by atoms with Crippen LogP contribution in [0, 0.1) is 0 Å². The molecular formula is C19H24ClN3O3S. The van der Waals surface area contributed by atoms with Gasteiger partial charge in [0, 0.05) is 35.2 Å². The van der Waals surface area contributed by atoms with Crippen LogP contribution in [0.5, 0.6) is 0 Å². The molecule has 0 atom stereocenters. The first kappa shape index (κ1) is 20.0. The first-order chi connectivity index (χ1) is 13.0. The van der Waals surface area contributed by atoms with Crippen LogP contribution in [0.3, 0.4) is 0 Å². The molecule has 1 aliphatic heterocycles. The van der Waals surface area contributed by atoms with Crippen LogP contribution < -0.4 is 10.6 Å². The highest BCUT2D eigenvalue weighted by Crippen LogP contribution is 2.35. The van der Waals surface area contributed by atoms with Gasteiger partial charge in [0.1, 0.15) is 5.54 Å². The van der Waals surface area contributed by atoms with Gasteiger partial charge in [-0.25, -0.2) is 4.79 Å². The molecule has 0 aromatic heterocycles. The normalized spacial score (nSPS) is 18.2. The molecule has 4 amide bonds. The molecule has 1 spiro atoms. The summed E-state index contributed by atoms with van der Waals surface area (Å²) in [7, 11) is 0. The summed E-state index contributed by atoms with van der Waals surface area (Å²) in [4.78, 5) is 38.9. The zero-order valence-electron chi connectivity index (χ0n) is 15.1. The Kier molecular flexibility index (Phi) is 6.65. The Bertz CT molecular complexity index is 705. The molecule has 1 saturated carbocycles. The van der Waals surface area contributed by atoms with Crippen LogP contribution in [-0.2, 0) is 9.59 Å². The fraction of sp³-hybridized carbons (Fsp3) is 0.526. The molecule has 1 aromatic carbocycles. The van der Waals surface area contributed by atoms with E-state index in [1.165, 1.54) is 4.90 Å². The van der Waals surface area contributed by atoms with E-state index in [0.29, 0.717) is 31.0 Å². The van der Waals surface area contributed by atoms with Crippen molar-refractivity contribution in [2.45, 2.75) is 49.0 Å². The molecule has 2 N–H and O–H groups in total. The first-order valence-electron chi connectivity index (χ1n) is 9.29. The number of hydrogen-bond donors (Lipinski definition) is 2. The summed E-state index contributed by atoms with van der Waals surface area (Å²) in [6.07, 6.45) is 4.16. The lowest BCUT2D eigenvalue weighted by Crippen LogP contribution is -2.44. The zero-order valence-corrected chi connectivity index (χ0v) is 16.7. The van der Waals surface area contributed by atoms with Crippen molar-refractivity contribution in [2.24, 2.45) is 0 Å². The van der Waals surface area contributed by atoms with Gasteiger partial charge in [-0.1, -0.05) is 24.4 Å². The van der Waals surface area contributed by atoms with E-state index < -0.39 is 5.54 Å². The number of amides is 4. The van der Waals surface area contributed by atoms with Crippen molar-refractivity contribution in [2.75, 3.05) is 18.8 Å². The third-order valence-corrected chi connectivity index (χ3v) is 6.26. The maximum atomic E-state index is 12.5. The molecule has 0 bridgehead atoms.